The van der Waals surface area contributed by atoms with Crippen LogP contribution < -0.4 is 4.90 Å². The topological polar surface area (TPSA) is 23.5 Å². The van der Waals surface area contributed by atoms with Crippen molar-refractivity contribution in [3.63, 3.8) is 0 Å². The molecule has 78 valence electrons. The van der Waals surface area contributed by atoms with Crippen molar-refractivity contribution in [2.75, 3.05) is 18.0 Å². The number of rotatable bonds is 1. The number of anilines is 1. The van der Waals surface area contributed by atoms with Gasteiger partial charge in [0.25, 0.3) is 0 Å². The second kappa shape index (κ2) is 4.69. The molecule has 0 saturated carbocycles. The number of halogens is 1. The minimum absolute atomic E-state index is 0. The average Bonchev–Trinajstić information content (AvgIpc) is 2.62. The monoisotopic (exact) mass is 257 g/mol. The molecule has 0 unspecified atom stereocenters. The van der Waals surface area contributed by atoms with Crippen molar-refractivity contribution < 1.29 is 5.11 Å². The maximum absolute atomic E-state index is 9.37. The third-order valence-electron chi connectivity index (χ3n) is 2.65. The first kappa shape index (κ1) is 11.4. The molecule has 0 aromatic heterocycles. The summed E-state index contributed by atoms with van der Waals surface area (Å²) in [7, 11) is 0. The van der Waals surface area contributed by atoms with E-state index in [0.29, 0.717) is 5.75 Å². The second-order valence-electron chi connectivity index (χ2n) is 3.66. The lowest BCUT2D eigenvalue weighted by Gasteiger charge is -2.18. The molecule has 0 aliphatic carbocycles. The fourth-order valence-corrected chi connectivity index (χ4v) is 1.81. The summed E-state index contributed by atoms with van der Waals surface area (Å²) in [5.41, 5.74) is 2.21. The van der Waals surface area contributed by atoms with Crippen LogP contribution in [0.5, 0.6) is 5.75 Å². The number of phenols is 1. The molecule has 0 amide bonds. The number of aryl methyl sites for hydroxylation is 1. The van der Waals surface area contributed by atoms with Crippen molar-refractivity contribution in [2.45, 2.75) is 19.8 Å². The Morgan fingerprint density at radius 1 is 1.21 bits per heavy atom. The van der Waals surface area contributed by atoms with Crippen LogP contribution in [-0.4, -0.2) is 18.2 Å². The largest absolute Gasteiger partial charge is 0.508 e. The molecule has 0 spiro atoms. The predicted octanol–water partition coefficient (Wildman–Crippen LogP) is 2.88. The van der Waals surface area contributed by atoms with Crippen LogP contribution in [0.2, 0.25) is 0 Å². The molecule has 2 nitrogen and oxygen atoms in total. The molecular formula is C11H16BrNO. The highest BCUT2D eigenvalue weighted by atomic mass is 79.9. The second-order valence-corrected chi connectivity index (χ2v) is 3.66. The van der Waals surface area contributed by atoms with E-state index in [-0.39, 0.29) is 17.0 Å². The lowest BCUT2D eigenvalue weighted by Crippen LogP contribution is -2.17. The highest BCUT2D eigenvalue weighted by molar-refractivity contribution is 8.93. The number of hydrogen-bond acceptors (Lipinski definition) is 2. The van der Waals surface area contributed by atoms with Crippen LogP contribution in [0.15, 0.2) is 18.2 Å². The van der Waals surface area contributed by atoms with Crippen molar-refractivity contribution in [1.82, 2.24) is 0 Å². The van der Waals surface area contributed by atoms with Crippen molar-refractivity contribution >= 4 is 22.7 Å². The Kier molecular flexibility index (Phi) is 3.81. The summed E-state index contributed by atoms with van der Waals surface area (Å²) in [6.07, 6.45) is 2.58. The Hall–Kier alpha value is -0.700. The van der Waals surface area contributed by atoms with Gasteiger partial charge in [-0.3, -0.25) is 0 Å². The standard InChI is InChI=1S/C11H15NO.BrH/c1-9-8-10(4-5-11(9)13)12-6-2-3-7-12;/h4-5,8,13H,2-3,6-7H2,1H3;1H. The molecule has 1 N–H and O–H groups in total. The summed E-state index contributed by atoms with van der Waals surface area (Å²) >= 11 is 0. The quantitative estimate of drug-likeness (QED) is 0.837. The molecule has 1 aromatic carbocycles. The zero-order valence-corrected chi connectivity index (χ0v) is 10.1. The molecule has 3 heteroatoms. The van der Waals surface area contributed by atoms with Gasteiger partial charge in [0.15, 0.2) is 0 Å². The Balaban J connectivity index is 0.000000980. The molecule has 1 aliphatic heterocycles. The fourth-order valence-electron chi connectivity index (χ4n) is 1.81. The van der Waals surface area contributed by atoms with Crippen LogP contribution in [0.4, 0.5) is 5.69 Å². The molecule has 1 saturated heterocycles. The SMILES string of the molecule is Br.Cc1cc(N2CCCC2)ccc1O. The highest BCUT2D eigenvalue weighted by Gasteiger charge is 2.12. The molecule has 2 rings (SSSR count). The van der Waals surface area contributed by atoms with Gasteiger partial charge in [0.1, 0.15) is 5.75 Å². The molecule has 1 heterocycles. The summed E-state index contributed by atoms with van der Waals surface area (Å²) in [6.45, 7) is 4.25. The molecule has 0 radical (unpaired) electrons. The van der Waals surface area contributed by atoms with Gasteiger partial charge >= 0.3 is 0 Å². The maximum atomic E-state index is 9.37. The third kappa shape index (κ3) is 2.21. The van der Waals surface area contributed by atoms with Gasteiger partial charge in [-0.25, -0.2) is 0 Å². The van der Waals surface area contributed by atoms with Crippen LogP contribution in [0.1, 0.15) is 18.4 Å². The van der Waals surface area contributed by atoms with E-state index in [2.05, 4.69) is 11.0 Å². The van der Waals surface area contributed by atoms with Gasteiger partial charge in [-0.2, -0.15) is 0 Å². The van der Waals surface area contributed by atoms with Crippen LogP contribution in [0, 0.1) is 6.92 Å². The number of hydrogen-bond donors (Lipinski definition) is 1. The van der Waals surface area contributed by atoms with E-state index in [1.54, 1.807) is 6.07 Å². The molecule has 1 aliphatic rings. The first-order valence-corrected chi connectivity index (χ1v) is 4.82. The van der Waals surface area contributed by atoms with Crippen molar-refractivity contribution in [3.05, 3.63) is 23.8 Å². The van der Waals surface area contributed by atoms with Crippen molar-refractivity contribution in [3.8, 4) is 5.75 Å². The van der Waals surface area contributed by atoms with E-state index in [1.165, 1.54) is 18.5 Å². The summed E-state index contributed by atoms with van der Waals surface area (Å²) in [6, 6.07) is 5.83. The number of benzene rings is 1. The van der Waals surface area contributed by atoms with Gasteiger partial charge in [0.2, 0.25) is 0 Å². The normalized spacial score (nSPS) is 15.4. The van der Waals surface area contributed by atoms with Crippen molar-refractivity contribution in [1.29, 1.82) is 0 Å². The van der Waals surface area contributed by atoms with Gasteiger partial charge in [-0.1, -0.05) is 0 Å². The van der Waals surface area contributed by atoms with Gasteiger partial charge < -0.3 is 10.0 Å². The van der Waals surface area contributed by atoms with E-state index < -0.39 is 0 Å². The van der Waals surface area contributed by atoms with Crippen molar-refractivity contribution in [2.24, 2.45) is 0 Å². The van der Waals surface area contributed by atoms with Gasteiger partial charge in [-0.05, 0) is 43.5 Å². The zero-order chi connectivity index (χ0) is 9.26. The van der Waals surface area contributed by atoms with Gasteiger partial charge in [0, 0.05) is 18.8 Å². The Morgan fingerprint density at radius 3 is 2.43 bits per heavy atom. The molecule has 1 fully saturated rings. The molecular weight excluding hydrogens is 242 g/mol. The van der Waals surface area contributed by atoms with Crippen LogP contribution in [-0.2, 0) is 0 Å². The molecule has 0 bridgehead atoms. The molecule has 1 aromatic rings. The summed E-state index contributed by atoms with van der Waals surface area (Å²) in [4.78, 5) is 2.37. The van der Waals surface area contributed by atoms with E-state index >= 15 is 0 Å². The fraction of sp³-hybridized carbons (Fsp3) is 0.455. The molecule has 0 atom stereocenters. The lowest BCUT2D eigenvalue weighted by atomic mass is 10.2. The first-order valence-electron chi connectivity index (χ1n) is 4.82. The van der Waals surface area contributed by atoms with E-state index in [1.807, 2.05) is 13.0 Å². The number of nitrogens with zero attached hydrogens (tertiary/aromatic N) is 1. The van der Waals surface area contributed by atoms with Crippen LogP contribution >= 0.6 is 17.0 Å². The average molecular weight is 258 g/mol. The summed E-state index contributed by atoms with van der Waals surface area (Å²) < 4.78 is 0. The Morgan fingerprint density at radius 2 is 1.86 bits per heavy atom. The highest BCUT2D eigenvalue weighted by Crippen LogP contribution is 2.25. The summed E-state index contributed by atoms with van der Waals surface area (Å²) in [5, 5.41) is 9.37. The van der Waals surface area contributed by atoms with Crippen LogP contribution in [0.3, 0.4) is 0 Å². The van der Waals surface area contributed by atoms with Gasteiger partial charge in [-0.15, -0.1) is 17.0 Å². The van der Waals surface area contributed by atoms with Gasteiger partial charge in [0.05, 0.1) is 0 Å². The van der Waals surface area contributed by atoms with Crippen LogP contribution in [0.25, 0.3) is 0 Å². The molecule has 14 heavy (non-hydrogen) atoms. The lowest BCUT2D eigenvalue weighted by molar-refractivity contribution is 0.471. The number of phenolic OH excluding ortho intramolecular Hbond substituents is 1. The third-order valence-corrected chi connectivity index (χ3v) is 2.65. The number of aromatic hydroxyl groups is 1. The van der Waals surface area contributed by atoms with E-state index in [4.69, 9.17) is 0 Å². The Bertz CT molecular complexity index is 308. The Labute approximate surface area is 95.3 Å². The first-order chi connectivity index (χ1) is 6.27. The predicted molar refractivity (Wildman–Crippen MR) is 64.6 cm³/mol. The minimum atomic E-state index is 0. The zero-order valence-electron chi connectivity index (χ0n) is 8.36. The maximum Gasteiger partial charge on any atom is 0.118 e. The smallest absolute Gasteiger partial charge is 0.118 e. The minimum Gasteiger partial charge on any atom is -0.508 e. The van der Waals surface area contributed by atoms with E-state index in [0.717, 1.165) is 18.7 Å². The summed E-state index contributed by atoms with van der Waals surface area (Å²) in [5.74, 6) is 0.392. The van der Waals surface area contributed by atoms with E-state index in [9.17, 15) is 5.11 Å².